The molecule has 1 amide bonds. The number of rotatable bonds is 4. The fraction of sp³-hybridized carbons (Fsp3) is 0.529. The summed E-state index contributed by atoms with van der Waals surface area (Å²) < 4.78 is 0. The molecule has 2 N–H and O–H groups in total. The van der Waals surface area contributed by atoms with Gasteiger partial charge in [0.2, 0.25) is 5.91 Å². The maximum atomic E-state index is 12.1. The van der Waals surface area contributed by atoms with Gasteiger partial charge >= 0.3 is 5.97 Å². The van der Waals surface area contributed by atoms with Gasteiger partial charge in [0.05, 0.1) is 11.5 Å². The van der Waals surface area contributed by atoms with Crippen LogP contribution >= 0.6 is 0 Å². The lowest BCUT2D eigenvalue weighted by atomic mass is 9.80. The number of hydrogen-bond acceptors (Lipinski definition) is 2. The molecule has 1 aromatic rings. The van der Waals surface area contributed by atoms with Crippen molar-refractivity contribution in [2.24, 2.45) is 5.41 Å². The van der Waals surface area contributed by atoms with E-state index in [2.05, 4.69) is 24.4 Å². The number of amides is 1. The van der Waals surface area contributed by atoms with Gasteiger partial charge in [-0.2, -0.15) is 0 Å². The SMILES string of the molecule is CC1CCC(NC(=O)CC(C)(C)C(=O)O)c2ccccc21. The van der Waals surface area contributed by atoms with Crippen LogP contribution in [0.5, 0.6) is 0 Å². The second-order valence-electron chi connectivity index (χ2n) is 6.59. The minimum Gasteiger partial charge on any atom is -0.481 e. The molecule has 2 rings (SSSR count). The van der Waals surface area contributed by atoms with Gasteiger partial charge in [0.1, 0.15) is 0 Å². The van der Waals surface area contributed by atoms with Crippen LogP contribution in [0.3, 0.4) is 0 Å². The number of carboxylic acid groups (broad SMARTS) is 1. The molecule has 2 unspecified atom stereocenters. The third-order valence-corrected chi connectivity index (χ3v) is 4.31. The molecule has 1 aliphatic rings. The van der Waals surface area contributed by atoms with Crippen molar-refractivity contribution >= 4 is 11.9 Å². The Morgan fingerprint density at radius 3 is 2.48 bits per heavy atom. The molecule has 0 spiro atoms. The van der Waals surface area contributed by atoms with Gasteiger partial charge in [-0.3, -0.25) is 9.59 Å². The Labute approximate surface area is 125 Å². The highest BCUT2D eigenvalue weighted by molar-refractivity contribution is 5.84. The predicted octanol–water partition coefficient (Wildman–Crippen LogP) is 3.24. The number of aliphatic carboxylic acids is 1. The number of benzene rings is 1. The van der Waals surface area contributed by atoms with E-state index in [0.29, 0.717) is 5.92 Å². The molecule has 114 valence electrons. The minimum absolute atomic E-state index is 0.00342. The number of fused-ring (bicyclic) bond motifs is 1. The molecular weight excluding hydrogens is 266 g/mol. The van der Waals surface area contributed by atoms with Crippen LogP contribution in [0, 0.1) is 5.41 Å². The standard InChI is InChI=1S/C17H23NO3/c1-11-8-9-14(13-7-5-4-6-12(11)13)18-15(19)10-17(2,3)16(20)21/h4-7,11,14H,8-10H2,1-3H3,(H,18,19)(H,20,21). The molecule has 0 fully saturated rings. The number of carboxylic acids is 1. The molecule has 1 aliphatic carbocycles. The maximum absolute atomic E-state index is 12.1. The van der Waals surface area contributed by atoms with Crippen LogP contribution < -0.4 is 5.32 Å². The van der Waals surface area contributed by atoms with Crippen molar-refractivity contribution in [3.63, 3.8) is 0 Å². The van der Waals surface area contributed by atoms with Gasteiger partial charge < -0.3 is 10.4 Å². The van der Waals surface area contributed by atoms with Gasteiger partial charge in [-0.25, -0.2) is 0 Å². The zero-order valence-electron chi connectivity index (χ0n) is 12.8. The fourth-order valence-corrected chi connectivity index (χ4v) is 2.88. The lowest BCUT2D eigenvalue weighted by Gasteiger charge is -2.31. The summed E-state index contributed by atoms with van der Waals surface area (Å²) in [7, 11) is 0. The van der Waals surface area contributed by atoms with E-state index in [9.17, 15) is 9.59 Å². The van der Waals surface area contributed by atoms with E-state index >= 15 is 0 Å². The van der Waals surface area contributed by atoms with E-state index in [0.717, 1.165) is 18.4 Å². The first-order valence-corrected chi connectivity index (χ1v) is 7.43. The number of hydrogen-bond donors (Lipinski definition) is 2. The molecule has 0 aromatic heterocycles. The Hall–Kier alpha value is -1.84. The molecule has 2 atom stereocenters. The van der Waals surface area contributed by atoms with Crippen LogP contribution in [0.25, 0.3) is 0 Å². The molecule has 0 aliphatic heterocycles. The molecule has 4 nitrogen and oxygen atoms in total. The van der Waals surface area contributed by atoms with Gasteiger partial charge in [-0.1, -0.05) is 31.2 Å². The number of carbonyl (C=O) groups is 2. The Balaban J connectivity index is 2.09. The van der Waals surface area contributed by atoms with E-state index in [1.54, 1.807) is 13.8 Å². The normalized spacial score (nSPS) is 21.5. The topological polar surface area (TPSA) is 66.4 Å². The van der Waals surface area contributed by atoms with E-state index in [1.165, 1.54) is 5.56 Å². The van der Waals surface area contributed by atoms with Crippen LogP contribution in [0.2, 0.25) is 0 Å². The Kier molecular flexibility index (Phi) is 4.35. The second kappa shape index (κ2) is 5.88. The van der Waals surface area contributed by atoms with Crippen LogP contribution in [-0.2, 0) is 9.59 Å². The second-order valence-corrected chi connectivity index (χ2v) is 6.59. The molecule has 0 radical (unpaired) electrons. The van der Waals surface area contributed by atoms with Crippen molar-refractivity contribution in [3.05, 3.63) is 35.4 Å². The predicted molar refractivity (Wildman–Crippen MR) is 81.0 cm³/mol. The van der Waals surface area contributed by atoms with Gasteiger partial charge in [-0.05, 0) is 43.7 Å². The first-order valence-electron chi connectivity index (χ1n) is 7.43. The van der Waals surface area contributed by atoms with Crippen LogP contribution in [0.15, 0.2) is 24.3 Å². The average molecular weight is 289 g/mol. The first-order chi connectivity index (χ1) is 9.81. The van der Waals surface area contributed by atoms with Crippen molar-refractivity contribution in [1.29, 1.82) is 0 Å². The van der Waals surface area contributed by atoms with Crippen molar-refractivity contribution in [1.82, 2.24) is 5.32 Å². The lowest BCUT2D eigenvalue weighted by Crippen LogP contribution is -2.36. The minimum atomic E-state index is -1.04. The van der Waals surface area contributed by atoms with Gasteiger partial charge in [0.25, 0.3) is 0 Å². The molecule has 21 heavy (non-hydrogen) atoms. The van der Waals surface area contributed by atoms with E-state index in [-0.39, 0.29) is 18.4 Å². The smallest absolute Gasteiger partial charge is 0.309 e. The number of nitrogens with one attached hydrogen (secondary N) is 1. The largest absolute Gasteiger partial charge is 0.481 e. The zero-order valence-corrected chi connectivity index (χ0v) is 12.8. The highest BCUT2D eigenvalue weighted by atomic mass is 16.4. The summed E-state index contributed by atoms with van der Waals surface area (Å²) in [5.41, 5.74) is 1.41. The molecule has 1 aromatic carbocycles. The Bertz CT molecular complexity index is 551. The van der Waals surface area contributed by atoms with Gasteiger partial charge in [0.15, 0.2) is 0 Å². The van der Waals surface area contributed by atoms with Gasteiger partial charge in [0, 0.05) is 6.42 Å². The Morgan fingerprint density at radius 2 is 1.86 bits per heavy atom. The summed E-state index contributed by atoms with van der Waals surface area (Å²) in [4.78, 5) is 23.3. The van der Waals surface area contributed by atoms with Crippen LogP contribution in [-0.4, -0.2) is 17.0 Å². The summed E-state index contributed by atoms with van der Waals surface area (Å²) in [6, 6.07) is 8.16. The van der Waals surface area contributed by atoms with E-state index in [1.807, 2.05) is 12.1 Å². The third-order valence-electron chi connectivity index (χ3n) is 4.31. The fourth-order valence-electron chi connectivity index (χ4n) is 2.88. The van der Waals surface area contributed by atoms with E-state index < -0.39 is 11.4 Å². The molecule has 0 heterocycles. The maximum Gasteiger partial charge on any atom is 0.309 e. The Morgan fingerprint density at radius 1 is 1.24 bits per heavy atom. The van der Waals surface area contributed by atoms with E-state index in [4.69, 9.17) is 5.11 Å². The van der Waals surface area contributed by atoms with Crippen LogP contribution in [0.1, 0.15) is 63.1 Å². The lowest BCUT2D eigenvalue weighted by molar-refractivity contribution is -0.149. The monoisotopic (exact) mass is 289 g/mol. The van der Waals surface area contributed by atoms with Crippen molar-refractivity contribution < 1.29 is 14.7 Å². The summed E-state index contributed by atoms with van der Waals surface area (Å²) >= 11 is 0. The summed E-state index contributed by atoms with van der Waals surface area (Å²) in [5, 5.41) is 12.1. The summed E-state index contributed by atoms with van der Waals surface area (Å²) in [5.74, 6) is -0.642. The van der Waals surface area contributed by atoms with Crippen molar-refractivity contribution in [3.8, 4) is 0 Å². The number of carbonyl (C=O) groups excluding carboxylic acids is 1. The highest BCUT2D eigenvalue weighted by Gasteiger charge is 2.32. The molecular formula is C17H23NO3. The summed E-state index contributed by atoms with van der Waals surface area (Å²) in [6.07, 6.45) is 1.93. The molecule has 0 saturated heterocycles. The zero-order chi connectivity index (χ0) is 15.6. The molecule has 0 saturated carbocycles. The van der Waals surface area contributed by atoms with Gasteiger partial charge in [-0.15, -0.1) is 0 Å². The van der Waals surface area contributed by atoms with Crippen molar-refractivity contribution in [2.45, 2.75) is 52.0 Å². The third kappa shape index (κ3) is 3.43. The summed E-state index contributed by atoms with van der Waals surface area (Å²) in [6.45, 7) is 5.35. The quantitative estimate of drug-likeness (QED) is 0.894. The first kappa shape index (κ1) is 15.5. The molecule has 4 heteroatoms. The van der Waals surface area contributed by atoms with Crippen molar-refractivity contribution in [2.75, 3.05) is 0 Å². The molecule has 0 bridgehead atoms. The highest BCUT2D eigenvalue weighted by Crippen LogP contribution is 2.37. The average Bonchev–Trinajstić information content (AvgIpc) is 2.41. The van der Waals surface area contributed by atoms with Crippen LogP contribution in [0.4, 0.5) is 0 Å².